The summed E-state index contributed by atoms with van der Waals surface area (Å²) >= 11 is 6.51. The van der Waals surface area contributed by atoms with Crippen LogP contribution in [-0.4, -0.2) is 37.0 Å². The third-order valence-electron chi connectivity index (χ3n) is 5.03. The van der Waals surface area contributed by atoms with E-state index in [2.05, 4.69) is 37.2 Å². The predicted octanol–water partition coefficient (Wildman–Crippen LogP) is 5.45. The molecule has 1 saturated heterocycles. The second-order valence-electron chi connectivity index (χ2n) is 6.86. The number of likely N-dealkylation sites (N-methyl/N-ethyl adjacent to an activating group) is 1. The highest BCUT2D eigenvalue weighted by molar-refractivity contribution is 9.10. The van der Waals surface area contributed by atoms with Crippen molar-refractivity contribution in [1.29, 1.82) is 0 Å². The normalized spacial score (nSPS) is 20.1. The fourth-order valence-corrected chi connectivity index (χ4v) is 4.35. The molecule has 0 saturated carbocycles. The molecule has 3 nitrogen and oxygen atoms in total. The first-order valence-corrected chi connectivity index (χ1v) is 10.4. The van der Waals surface area contributed by atoms with E-state index < -0.39 is 17.6 Å². The molecule has 1 aliphatic rings. The number of nitrogens with one attached hydrogen (secondary N) is 1. The summed E-state index contributed by atoms with van der Waals surface area (Å²) < 4.78 is 40.6. The van der Waals surface area contributed by atoms with E-state index in [1.165, 1.54) is 6.07 Å². The molecule has 0 spiro atoms. The number of rotatable bonds is 3. The number of nitrogens with zero attached hydrogens (tertiary/aromatic N) is 1. The molecule has 1 heterocycles. The van der Waals surface area contributed by atoms with E-state index in [4.69, 9.17) is 0 Å². The fourth-order valence-electron chi connectivity index (χ4n) is 3.59. The molecule has 2 unspecified atom stereocenters. The number of amides is 1. The van der Waals surface area contributed by atoms with Gasteiger partial charge in [-0.15, -0.1) is 0 Å². The van der Waals surface area contributed by atoms with Gasteiger partial charge in [-0.3, -0.25) is 4.79 Å². The number of carbonyl (C=O) groups excluding carboxylic acids is 1. The maximum Gasteiger partial charge on any atom is 0.416 e. The monoisotopic (exact) mass is 518 g/mol. The van der Waals surface area contributed by atoms with Gasteiger partial charge >= 0.3 is 6.18 Å². The van der Waals surface area contributed by atoms with Crippen LogP contribution in [0, 0.1) is 0 Å². The summed E-state index contributed by atoms with van der Waals surface area (Å²) in [5.41, 5.74) is 0.274. The van der Waals surface area contributed by atoms with Crippen LogP contribution in [0.2, 0.25) is 0 Å². The third kappa shape index (κ3) is 4.78. The van der Waals surface area contributed by atoms with Gasteiger partial charge in [0.05, 0.1) is 5.56 Å². The van der Waals surface area contributed by atoms with Crippen molar-refractivity contribution in [3.63, 3.8) is 0 Å². The van der Waals surface area contributed by atoms with Crippen LogP contribution in [-0.2, 0) is 6.18 Å². The van der Waals surface area contributed by atoms with Gasteiger partial charge in [0.1, 0.15) is 0 Å². The van der Waals surface area contributed by atoms with Gasteiger partial charge in [-0.1, -0.05) is 44.0 Å². The minimum absolute atomic E-state index is 0.0253. The number of halogens is 5. The molecule has 150 valence electrons. The zero-order valence-corrected chi connectivity index (χ0v) is 18.2. The zero-order valence-electron chi connectivity index (χ0n) is 15.1. The Morgan fingerprint density at radius 1 is 1.11 bits per heavy atom. The highest BCUT2D eigenvalue weighted by Crippen LogP contribution is 2.33. The van der Waals surface area contributed by atoms with Gasteiger partial charge in [-0.25, -0.2) is 0 Å². The maximum absolute atomic E-state index is 13.1. The number of piperidine rings is 1. The molecule has 28 heavy (non-hydrogen) atoms. The first-order valence-electron chi connectivity index (χ1n) is 8.78. The Morgan fingerprint density at radius 2 is 1.79 bits per heavy atom. The van der Waals surface area contributed by atoms with Crippen molar-refractivity contribution in [3.8, 4) is 0 Å². The standard InChI is InChI=1S/C20H19Br2F3N2O/c1-27(19(28)13-8-14(20(23,24)25)10-16(22)9-13)18-6-7-26-11-17(18)12-2-4-15(21)5-3-12/h2-5,8-10,17-18,26H,6-7,11H2,1H3. The van der Waals surface area contributed by atoms with Crippen LogP contribution in [0.1, 0.15) is 33.8 Å². The first kappa shape index (κ1) is 21.3. The van der Waals surface area contributed by atoms with Crippen LogP contribution in [0.15, 0.2) is 51.4 Å². The number of carbonyl (C=O) groups is 1. The lowest BCUT2D eigenvalue weighted by Crippen LogP contribution is -2.49. The minimum Gasteiger partial charge on any atom is -0.338 e. The van der Waals surface area contributed by atoms with E-state index in [-0.39, 0.29) is 22.0 Å². The molecule has 1 fully saturated rings. The Bertz CT molecular complexity index is 856. The summed E-state index contributed by atoms with van der Waals surface area (Å²) in [7, 11) is 1.67. The van der Waals surface area contributed by atoms with Crippen LogP contribution in [0.5, 0.6) is 0 Å². The summed E-state index contributed by atoms with van der Waals surface area (Å²) in [6.45, 7) is 1.46. The molecule has 2 atom stereocenters. The predicted molar refractivity (Wildman–Crippen MR) is 109 cm³/mol. The van der Waals surface area contributed by atoms with E-state index in [0.717, 1.165) is 35.1 Å². The molecule has 0 bridgehead atoms. The van der Waals surface area contributed by atoms with E-state index >= 15 is 0 Å². The Morgan fingerprint density at radius 3 is 2.43 bits per heavy atom. The van der Waals surface area contributed by atoms with Gasteiger partial charge in [-0.2, -0.15) is 13.2 Å². The largest absolute Gasteiger partial charge is 0.416 e. The summed E-state index contributed by atoms with van der Waals surface area (Å²) in [6.07, 6.45) is -3.78. The quantitative estimate of drug-likeness (QED) is 0.585. The third-order valence-corrected chi connectivity index (χ3v) is 6.02. The van der Waals surface area contributed by atoms with Gasteiger partial charge in [0.15, 0.2) is 0 Å². The highest BCUT2D eigenvalue weighted by Gasteiger charge is 2.35. The van der Waals surface area contributed by atoms with E-state index in [1.54, 1.807) is 11.9 Å². The number of hydrogen-bond acceptors (Lipinski definition) is 2. The Balaban J connectivity index is 1.89. The number of alkyl halides is 3. The molecule has 0 aromatic heterocycles. The fraction of sp³-hybridized carbons (Fsp3) is 0.350. The summed E-state index contributed by atoms with van der Waals surface area (Å²) in [5.74, 6) is -0.356. The van der Waals surface area contributed by atoms with E-state index in [9.17, 15) is 18.0 Å². The lowest BCUT2D eigenvalue weighted by Gasteiger charge is -2.39. The van der Waals surface area contributed by atoms with Crippen molar-refractivity contribution in [2.24, 2.45) is 0 Å². The van der Waals surface area contributed by atoms with Crippen LogP contribution in [0.4, 0.5) is 13.2 Å². The summed E-state index contributed by atoms with van der Waals surface area (Å²) in [4.78, 5) is 14.6. The number of benzene rings is 2. The Hall–Kier alpha value is -1.38. The zero-order chi connectivity index (χ0) is 20.5. The van der Waals surface area contributed by atoms with Gasteiger partial charge in [0, 0.05) is 40.1 Å². The first-order chi connectivity index (χ1) is 13.2. The molecule has 0 aliphatic carbocycles. The van der Waals surface area contributed by atoms with Crippen LogP contribution in [0.25, 0.3) is 0 Å². The van der Waals surface area contributed by atoms with Crippen LogP contribution in [0.3, 0.4) is 0 Å². The van der Waals surface area contributed by atoms with Crippen molar-refractivity contribution in [3.05, 3.63) is 68.1 Å². The SMILES string of the molecule is CN(C(=O)c1cc(Br)cc(C(F)(F)F)c1)C1CCNCC1c1ccc(Br)cc1. The van der Waals surface area contributed by atoms with Gasteiger partial charge < -0.3 is 10.2 Å². The second-order valence-corrected chi connectivity index (χ2v) is 8.69. The maximum atomic E-state index is 13.1. The molecule has 1 aliphatic heterocycles. The average molecular weight is 520 g/mol. The number of hydrogen-bond donors (Lipinski definition) is 1. The van der Waals surface area contributed by atoms with Gasteiger partial charge in [-0.05, 0) is 48.9 Å². The van der Waals surface area contributed by atoms with Crippen LogP contribution < -0.4 is 5.32 Å². The summed E-state index contributed by atoms with van der Waals surface area (Å²) in [5, 5.41) is 3.34. The van der Waals surface area contributed by atoms with Crippen molar-refractivity contribution in [2.75, 3.05) is 20.1 Å². The lowest BCUT2D eigenvalue weighted by molar-refractivity contribution is -0.137. The molecule has 0 radical (unpaired) electrons. The molecule has 2 aromatic rings. The summed E-state index contributed by atoms with van der Waals surface area (Å²) in [6, 6.07) is 11.1. The smallest absolute Gasteiger partial charge is 0.338 e. The second kappa shape index (κ2) is 8.55. The molecule has 2 aromatic carbocycles. The topological polar surface area (TPSA) is 32.3 Å². The molecule has 8 heteroatoms. The average Bonchev–Trinajstić information content (AvgIpc) is 2.66. The van der Waals surface area contributed by atoms with E-state index in [1.807, 2.05) is 24.3 Å². The highest BCUT2D eigenvalue weighted by atomic mass is 79.9. The molecular formula is C20H19Br2F3N2O. The minimum atomic E-state index is -4.51. The van der Waals surface area contributed by atoms with Crippen molar-refractivity contribution < 1.29 is 18.0 Å². The van der Waals surface area contributed by atoms with E-state index in [0.29, 0.717) is 6.54 Å². The van der Waals surface area contributed by atoms with Crippen molar-refractivity contribution in [1.82, 2.24) is 10.2 Å². The van der Waals surface area contributed by atoms with Crippen LogP contribution >= 0.6 is 31.9 Å². The Labute approximate surface area is 178 Å². The van der Waals surface area contributed by atoms with Gasteiger partial charge in [0.25, 0.3) is 5.91 Å². The molecule has 1 N–H and O–H groups in total. The van der Waals surface area contributed by atoms with Crippen molar-refractivity contribution >= 4 is 37.8 Å². The molecule has 1 amide bonds. The lowest BCUT2D eigenvalue weighted by atomic mass is 9.86. The van der Waals surface area contributed by atoms with Gasteiger partial charge in [0.2, 0.25) is 0 Å². The Kier molecular flexibility index (Phi) is 6.51. The van der Waals surface area contributed by atoms with Crippen molar-refractivity contribution in [2.45, 2.75) is 24.6 Å². The molecule has 3 rings (SSSR count). The molecular weight excluding hydrogens is 501 g/mol.